The largest absolute Gasteiger partial charge is 0.493 e. The minimum absolute atomic E-state index is 0.324. The molecule has 21 heavy (non-hydrogen) atoms. The van der Waals surface area contributed by atoms with Crippen LogP contribution in [-0.2, 0) is 9.53 Å². The molecule has 2 aromatic rings. The van der Waals surface area contributed by atoms with Crippen molar-refractivity contribution >= 4 is 5.97 Å². The lowest BCUT2D eigenvalue weighted by Gasteiger charge is -2.15. The molecule has 0 N–H and O–H groups in total. The summed E-state index contributed by atoms with van der Waals surface area (Å²) in [5.41, 5.74) is 0.827. The molecule has 1 heterocycles. The number of rotatable bonds is 5. The van der Waals surface area contributed by atoms with Crippen molar-refractivity contribution in [3.63, 3.8) is 0 Å². The van der Waals surface area contributed by atoms with Crippen LogP contribution in [0.4, 0.5) is 0 Å². The summed E-state index contributed by atoms with van der Waals surface area (Å²) in [7, 11) is 4.52. The van der Waals surface area contributed by atoms with Gasteiger partial charge in [0.25, 0.3) is 0 Å². The average Bonchev–Trinajstić information content (AvgIpc) is 3.02. The van der Waals surface area contributed by atoms with Crippen LogP contribution in [0.25, 0.3) is 11.4 Å². The summed E-state index contributed by atoms with van der Waals surface area (Å²) in [6.45, 7) is 1.76. The fraction of sp³-hybridized carbons (Fsp3) is 0.333. The number of methoxy groups -OCH3 is 3. The van der Waals surface area contributed by atoms with Gasteiger partial charge >= 0.3 is 5.97 Å². The maximum Gasteiger partial charge on any atom is 0.328 e. The molecular weight excluding hydrogens is 272 g/mol. The van der Waals surface area contributed by atoms with E-state index in [1.807, 2.05) is 12.1 Å². The van der Waals surface area contributed by atoms with E-state index in [1.54, 1.807) is 44.2 Å². The molecule has 6 nitrogen and oxygen atoms in total. The Morgan fingerprint density at radius 3 is 2.52 bits per heavy atom. The number of esters is 1. The zero-order valence-electron chi connectivity index (χ0n) is 12.5. The molecule has 0 bridgehead atoms. The van der Waals surface area contributed by atoms with Crippen molar-refractivity contribution in [2.24, 2.45) is 0 Å². The molecule has 0 radical (unpaired) electrons. The highest BCUT2D eigenvalue weighted by molar-refractivity contribution is 5.75. The molecule has 6 heteroatoms. The molecule has 112 valence electrons. The maximum atomic E-state index is 11.7. The van der Waals surface area contributed by atoms with Crippen LogP contribution < -0.4 is 9.47 Å². The first-order valence-electron chi connectivity index (χ1n) is 6.45. The number of imidazole rings is 1. The maximum absolute atomic E-state index is 11.7. The van der Waals surface area contributed by atoms with Crippen LogP contribution in [0.3, 0.4) is 0 Å². The molecule has 0 saturated carbocycles. The summed E-state index contributed by atoms with van der Waals surface area (Å²) >= 11 is 0. The van der Waals surface area contributed by atoms with Crippen molar-refractivity contribution in [1.82, 2.24) is 9.55 Å². The third-order valence-corrected chi connectivity index (χ3v) is 3.27. The highest BCUT2D eigenvalue weighted by Gasteiger charge is 2.19. The predicted molar refractivity (Wildman–Crippen MR) is 77.5 cm³/mol. The molecule has 2 rings (SSSR count). The van der Waals surface area contributed by atoms with Gasteiger partial charge in [0.15, 0.2) is 11.5 Å². The number of ether oxygens (including phenoxy) is 3. The SMILES string of the molecule is COC(=O)C(C)n1ccnc1-c1ccc(OC)c(OC)c1. The Morgan fingerprint density at radius 1 is 1.19 bits per heavy atom. The summed E-state index contributed by atoms with van der Waals surface area (Å²) in [5, 5.41) is 0. The van der Waals surface area contributed by atoms with Crippen LogP contribution in [-0.4, -0.2) is 36.8 Å². The van der Waals surface area contributed by atoms with Crippen molar-refractivity contribution in [3.05, 3.63) is 30.6 Å². The second kappa shape index (κ2) is 6.30. The topological polar surface area (TPSA) is 62.6 Å². The second-order valence-corrected chi connectivity index (χ2v) is 4.43. The van der Waals surface area contributed by atoms with E-state index in [-0.39, 0.29) is 5.97 Å². The molecule has 0 spiro atoms. The minimum Gasteiger partial charge on any atom is -0.493 e. The molecule has 1 aromatic heterocycles. The first-order chi connectivity index (χ1) is 10.1. The number of hydrogen-bond donors (Lipinski definition) is 0. The summed E-state index contributed by atoms with van der Waals surface area (Å²) in [6, 6.07) is 5.03. The van der Waals surface area contributed by atoms with Gasteiger partial charge in [0.05, 0.1) is 21.3 Å². The van der Waals surface area contributed by atoms with Gasteiger partial charge < -0.3 is 18.8 Å². The van der Waals surface area contributed by atoms with Crippen LogP contribution in [0, 0.1) is 0 Å². The van der Waals surface area contributed by atoms with E-state index in [0.29, 0.717) is 17.3 Å². The third kappa shape index (κ3) is 2.84. The Labute approximate surface area is 123 Å². The first-order valence-corrected chi connectivity index (χ1v) is 6.45. The van der Waals surface area contributed by atoms with Gasteiger partial charge in [-0.3, -0.25) is 0 Å². The third-order valence-electron chi connectivity index (χ3n) is 3.27. The number of carbonyl (C=O) groups is 1. The molecule has 1 aromatic carbocycles. The molecule has 0 aliphatic rings. The lowest BCUT2D eigenvalue weighted by Crippen LogP contribution is -2.18. The minimum atomic E-state index is -0.458. The quantitative estimate of drug-likeness (QED) is 0.791. The van der Waals surface area contributed by atoms with Gasteiger partial charge in [-0.15, -0.1) is 0 Å². The van der Waals surface area contributed by atoms with Gasteiger partial charge in [-0.25, -0.2) is 9.78 Å². The predicted octanol–water partition coefficient (Wildman–Crippen LogP) is 2.30. The van der Waals surface area contributed by atoms with Crippen molar-refractivity contribution in [1.29, 1.82) is 0 Å². The zero-order chi connectivity index (χ0) is 15.4. The van der Waals surface area contributed by atoms with Crippen molar-refractivity contribution in [3.8, 4) is 22.9 Å². The molecule has 0 aliphatic carbocycles. The number of nitrogens with zero attached hydrogens (tertiary/aromatic N) is 2. The van der Waals surface area contributed by atoms with Gasteiger partial charge in [-0.1, -0.05) is 0 Å². The van der Waals surface area contributed by atoms with Crippen LogP contribution in [0.2, 0.25) is 0 Å². The molecule has 0 amide bonds. The van der Waals surface area contributed by atoms with Gasteiger partial charge in [0, 0.05) is 18.0 Å². The van der Waals surface area contributed by atoms with Crippen LogP contribution in [0.15, 0.2) is 30.6 Å². The van der Waals surface area contributed by atoms with E-state index < -0.39 is 6.04 Å². The van der Waals surface area contributed by atoms with Gasteiger partial charge in [0.2, 0.25) is 0 Å². The van der Waals surface area contributed by atoms with Gasteiger partial charge in [-0.05, 0) is 25.1 Å². The van der Waals surface area contributed by atoms with Crippen LogP contribution in [0.1, 0.15) is 13.0 Å². The van der Waals surface area contributed by atoms with Crippen molar-refractivity contribution in [2.45, 2.75) is 13.0 Å². The monoisotopic (exact) mass is 290 g/mol. The number of hydrogen-bond acceptors (Lipinski definition) is 5. The van der Waals surface area contributed by atoms with E-state index in [1.165, 1.54) is 7.11 Å². The van der Waals surface area contributed by atoms with Crippen molar-refractivity contribution in [2.75, 3.05) is 21.3 Å². The van der Waals surface area contributed by atoms with Crippen LogP contribution in [0.5, 0.6) is 11.5 Å². The average molecular weight is 290 g/mol. The van der Waals surface area contributed by atoms with Crippen molar-refractivity contribution < 1.29 is 19.0 Å². The summed E-state index contributed by atoms with van der Waals surface area (Å²) in [4.78, 5) is 16.0. The Hall–Kier alpha value is -2.50. The van der Waals surface area contributed by atoms with E-state index in [9.17, 15) is 4.79 Å². The molecule has 1 atom stereocenters. The molecule has 0 aliphatic heterocycles. The Balaban J connectivity index is 2.44. The fourth-order valence-electron chi connectivity index (χ4n) is 2.11. The summed E-state index contributed by atoms with van der Waals surface area (Å²) in [5.74, 6) is 1.58. The Kier molecular flexibility index (Phi) is 4.47. The fourth-order valence-corrected chi connectivity index (χ4v) is 2.11. The van der Waals surface area contributed by atoms with E-state index in [4.69, 9.17) is 14.2 Å². The summed E-state index contributed by atoms with van der Waals surface area (Å²) in [6.07, 6.45) is 3.39. The second-order valence-electron chi connectivity index (χ2n) is 4.43. The van der Waals surface area contributed by atoms with E-state index in [0.717, 1.165) is 5.56 Å². The van der Waals surface area contributed by atoms with Gasteiger partial charge in [0.1, 0.15) is 11.9 Å². The molecule has 1 unspecified atom stereocenters. The highest BCUT2D eigenvalue weighted by atomic mass is 16.5. The lowest BCUT2D eigenvalue weighted by molar-refractivity contribution is -0.143. The summed E-state index contributed by atoms with van der Waals surface area (Å²) < 4.78 is 17.0. The standard InChI is InChI=1S/C15H18N2O4/c1-10(15(18)21-4)17-8-7-16-14(17)11-5-6-12(19-2)13(9-11)20-3/h5-10H,1-4H3. The highest BCUT2D eigenvalue weighted by Crippen LogP contribution is 2.32. The number of aromatic nitrogens is 2. The van der Waals surface area contributed by atoms with E-state index >= 15 is 0 Å². The lowest BCUT2D eigenvalue weighted by atomic mass is 10.1. The zero-order valence-corrected chi connectivity index (χ0v) is 12.5. The van der Waals surface area contributed by atoms with Crippen LogP contribution >= 0.6 is 0 Å². The number of carbonyl (C=O) groups excluding carboxylic acids is 1. The normalized spacial score (nSPS) is 11.8. The molecular formula is C15H18N2O4. The van der Waals surface area contributed by atoms with Gasteiger partial charge in [-0.2, -0.15) is 0 Å². The Morgan fingerprint density at radius 2 is 1.90 bits per heavy atom. The number of benzene rings is 1. The molecule has 0 fully saturated rings. The Bertz CT molecular complexity index is 636. The first kappa shape index (κ1) is 14.9. The van der Waals surface area contributed by atoms with E-state index in [2.05, 4.69) is 4.98 Å². The smallest absolute Gasteiger partial charge is 0.328 e. The molecule has 0 saturated heterocycles.